The Morgan fingerprint density at radius 3 is 2.56 bits per heavy atom. The van der Waals surface area contributed by atoms with Gasteiger partial charge in [0.1, 0.15) is 0 Å². The van der Waals surface area contributed by atoms with E-state index in [0.717, 1.165) is 5.56 Å². The fourth-order valence-electron chi connectivity index (χ4n) is 2.39. The Kier molecular flexibility index (Phi) is 3.62. The summed E-state index contributed by atoms with van der Waals surface area (Å²) in [6, 6.07) is 6.34. The number of hydrogen-bond donors (Lipinski definition) is 2. The molecule has 0 spiro atoms. The average Bonchev–Trinajstić information content (AvgIpc) is 2.22. The van der Waals surface area contributed by atoms with Crippen molar-refractivity contribution in [3.05, 3.63) is 29.8 Å². The van der Waals surface area contributed by atoms with Crippen LogP contribution < -0.4 is 5.73 Å². The first-order valence-electron chi connectivity index (χ1n) is 5.59. The van der Waals surface area contributed by atoms with Gasteiger partial charge in [0.25, 0.3) is 0 Å². The highest BCUT2D eigenvalue weighted by molar-refractivity contribution is 8.00. The molecule has 1 aromatic carbocycles. The highest BCUT2D eigenvalue weighted by atomic mass is 32.2. The van der Waals surface area contributed by atoms with Crippen molar-refractivity contribution in [2.75, 3.05) is 6.54 Å². The minimum atomic E-state index is -4.28. The van der Waals surface area contributed by atoms with E-state index < -0.39 is 11.6 Å². The Hall–Kier alpha value is -0.720. The van der Waals surface area contributed by atoms with Crippen molar-refractivity contribution in [2.24, 2.45) is 5.73 Å². The van der Waals surface area contributed by atoms with Crippen molar-refractivity contribution >= 4 is 11.8 Å². The molecule has 6 heteroatoms. The molecule has 1 fully saturated rings. The number of halogens is 3. The van der Waals surface area contributed by atoms with Crippen molar-refractivity contribution in [1.82, 2.24) is 0 Å². The first-order valence-corrected chi connectivity index (χ1v) is 6.41. The molecule has 1 aliphatic rings. The lowest BCUT2D eigenvalue weighted by Crippen LogP contribution is -2.49. The summed E-state index contributed by atoms with van der Waals surface area (Å²) < 4.78 is 36.9. The number of benzene rings is 1. The molecule has 1 aromatic rings. The number of hydrogen-bond acceptors (Lipinski definition) is 3. The van der Waals surface area contributed by atoms with E-state index in [1.165, 1.54) is 12.1 Å². The van der Waals surface area contributed by atoms with Crippen molar-refractivity contribution in [1.29, 1.82) is 0 Å². The summed E-state index contributed by atoms with van der Waals surface area (Å²) in [5.41, 5.74) is 1.84. The van der Waals surface area contributed by atoms with E-state index in [4.69, 9.17) is 5.73 Å². The molecule has 0 unspecified atom stereocenters. The van der Waals surface area contributed by atoms with E-state index in [1.807, 2.05) is 0 Å². The Morgan fingerprint density at radius 1 is 1.39 bits per heavy atom. The molecule has 0 saturated heterocycles. The van der Waals surface area contributed by atoms with Gasteiger partial charge in [-0.3, -0.25) is 0 Å². The molecule has 1 saturated carbocycles. The Balaban J connectivity index is 2.22. The van der Waals surface area contributed by atoms with Crippen LogP contribution in [0.5, 0.6) is 0 Å². The third kappa shape index (κ3) is 2.81. The Morgan fingerprint density at radius 2 is 2.06 bits per heavy atom. The lowest BCUT2D eigenvalue weighted by atomic mass is 9.63. The standard InChI is InChI=1S/C12H14F3NOS/c13-12(14,15)18-10-3-1-2-8(4-10)11(7-16)5-9(17)6-11/h1-4,9,17H,5-7,16H2. The van der Waals surface area contributed by atoms with Crippen LogP contribution in [0.4, 0.5) is 13.2 Å². The molecule has 0 amide bonds. The lowest BCUT2D eigenvalue weighted by molar-refractivity contribution is -0.0328. The van der Waals surface area contributed by atoms with E-state index in [0.29, 0.717) is 19.4 Å². The van der Waals surface area contributed by atoms with E-state index in [2.05, 4.69) is 0 Å². The molecule has 0 atom stereocenters. The molecular weight excluding hydrogens is 263 g/mol. The van der Waals surface area contributed by atoms with Crippen LogP contribution in [0.1, 0.15) is 18.4 Å². The molecule has 3 N–H and O–H groups in total. The van der Waals surface area contributed by atoms with Gasteiger partial charge in [0, 0.05) is 16.9 Å². The highest BCUT2D eigenvalue weighted by Crippen LogP contribution is 2.45. The van der Waals surface area contributed by atoms with Gasteiger partial charge in [0.2, 0.25) is 0 Å². The van der Waals surface area contributed by atoms with Gasteiger partial charge in [-0.05, 0) is 42.3 Å². The molecule has 100 valence electrons. The summed E-state index contributed by atoms with van der Waals surface area (Å²) in [6.07, 6.45) is 0.639. The average molecular weight is 277 g/mol. The van der Waals surface area contributed by atoms with Gasteiger partial charge in [0.15, 0.2) is 0 Å². The van der Waals surface area contributed by atoms with Gasteiger partial charge in [0.05, 0.1) is 6.10 Å². The van der Waals surface area contributed by atoms with Crippen molar-refractivity contribution in [2.45, 2.75) is 34.8 Å². The van der Waals surface area contributed by atoms with Crippen LogP contribution >= 0.6 is 11.8 Å². The molecule has 18 heavy (non-hydrogen) atoms. The van der Waals surface area contributed by atoms with E-state index in [-0.39, 0.29) is 22.1 Å². The second-order valence-corrected chi connectivity index (χ2v) is 5.76. The summed E-state index contributed by atoms with van der Waals surface area (Å²) >= 11 is -0.126. The highest BCUT2D eigenvalue weighted by Gasteiger charge is 2.44. The number of nitrogens with two attached hydrogens (primary N) is 1. The molecule has 0 heterocycles. The molecule has 0 bridgehead atoms. The molecule has 2 nitrogen and oxygen atoms in total. The smallest absolute Gasteiger partial charge is 0.393 e. The van der Waals surface area contributed by atoms with Crippen LogP contribution in [-0.4, -0.2) is 23.3 Å². The molecule has 1 aliphatic carbocycles. The minimum absolute atomic E-state index is 0.126. The fraction of sp³-hybridized carbons (Fsp3) is 0.500. The van der Waals surface area contributed by atoms with E-state index in [9.17, 15) is 18.3 Å². The second-order valence-electron chi connectivity index (χ2n) is 4.62. The molecule has 0 aromatic heterocycles. The van der Waals surface area contributed by atoms with Crippen molar-refractivity contribution < 1.29 is 18.3 Å². The van der Waals surface area contributed by atoms with Crippen LogP contribution in [0.25, 0.3) is 0 Å². The summed E-state index contributed by atoms with van der Waals surface area (Å²) in [5.74, 6) is 0. The SMILES string of the molecule is NCC1(c2cccc(SC(F)(F)F)c2)CC(O)C1. The largest absolute Gasteiger partial charge is 0.446 e. The summed E-state index contributed by atoms with van der Waals surface area (Å²) in [6.45, 7) is 0.337. The maximum Gasteiger partial charge on any atom is 0.446 e. The van der Waals surface area contributed by atoms with Crippen molar-refractivity contribution in [3.63, 3.8) is 0 Å². The quantitative estimate of drug-likeness (QED) is 0.835. The predicted octanol–water partition coefficient (Wildman–Crippen LogP) is 2.65. The van der Waals surface area contributed by atoms with Crippen LogP contribution in [0.2, 0.25) is 0 Å². The monoisotopic (exact) mass is 277 g/mol. The van der Waals surface area contributed by atoms with Gasteiger partial charge >= 0.3 is 5.51 Å². The van der Waals surface area contributed by atoms with Crippen LogP contribution in [0.3, 0.4) is 0 Å². The van der Waals surface area contributed by atoms with Gasteiger partial charge in [-0.15, -0.1) is 0 Å². The zero-order chi connectivity index (χ0) is 13.4. The number of aliphatic hydroxyl groups excluding tert-OH is 1. The third-order valence-corrected chi connectivity index (χ3v) is 4.04. The molecule has 0 radical (unpaired) electrons. The maximum atomic E-state index is 12.3. The van der Waals surface area contributed by atoms with Crippen LogP contribution in [0, 0.1) is 0 Å². The fourth-order valence-corrected chi connectivity index (χ4v) is 2.99. The molecular formula is C12H14F3NOS. The topological polar surface area (TPSA) is 46.2 Å². The molecule has 0 aliphatic heterocycles. The van der Waals surface area contributed by atoms with Gasteiger partial charge in [-0.1, -0.05) is 12.1 Å². The van der Waals surface area contributed by atoms with E-state index >= 15 is 0 Å². The normalized spacial score (nSPS) is 27.9. The summed E-state index contributed by atoms with van der Waals surface area (Å²) in [5, 5.41) is 9.39. The lowest BCUT2D eigenvalue weighted by Gasteiger charge is -2.45. The number of thioether (sulfide) groups is 1. The second kappa shape index (κ2) is 4.75. The number of aliphatic hydroxyl groups is 1. The first kappa shape index (κ1) is 13.7. The van der Waals surface area contributed by atoms with Crippen molar-refractivity contribution in [3.8, 4) is 0 Å². The molecule has 2 rings (SSSR count). The summed E-state index contributed by atoms with van der Waals surface area (Å²) in [7, 11) is 0. The predicted molar refractivity (Wildman–Crippen MR) is 64.3 cm³/mol. The maximum absolute atomic E-state index is 12.3. The zero-order valence-electron chi connectivity index (χ0n) is 9.57. The zero-order valence-corrected chi connectivity index (χ0v) is 10.4. The minimum Gasteiger partial charge on any atom is -0.393 e. The Labute approximate surface area is 107 Å². The summed E-state index contributed by atoms with van der Waals surface area (Å²) in [4.78, 5) is 0.161. The van der Waals surface area contributed by atoms with Gasteiger partial charge < -0.3 is 10.8 Å². The van der Waals surface area contributed by atoms with Crippen LogP contribution in [0.15, 0.2) is 29.2 Å². The number of rotatable bonds is 3. The van der Waals surface area contributed by atoms with Gasteiger partial charge in [-0.25, -0.2) is 0 Å². The number of alkyl halides is 3. The Bertz CT molecular complexity index is 430. The first-order chi connectivity index (χ1) is 8.35. The van der Waals surface area contributed by atoms with E-state index in [1.54, 1.807) is 12.1 Å². The van der Waals surface area contributed by atoms with Crippen LogP contribution in [-0.2, 0) is 5.41 Å². The van der Waals surface area contributed by atoms with Gasteiger partial charge in [-0.2, -0.15) is 13.2 Å². The third-order valence-electron chi connectivity index (χ3n) is 3.32.